The molecule has 0 amide bonds. The van der Waals surface area contributed by atoms with Crippen LogP contribution in [0.4, 0.5) is 0 Å². The van der Waals surface area contributed by atoms with Crippen LogP contribution in [0.1, 0.15) is 11.7 Å². The molecule has 78 valence electrons. The molecule has 0 bridgehead atoms. The number of hydrogen-bond acceptors (Lipinski definition) is 3. The molecule has 1 N–H and O–H groups in total. The van der Waals surface area contributed by atoms with Gasteiger partial charge in [-0.1, -0.05) is 30.3 Å². The lowest BCUT2D eigenvalue weighted by atomic mass is 10.1. The molecular formula is C11H16O3. The molecule has 0 aromatic heterocycles. The average Bonchev–Trinajstić information content (AvgIpc) is 2.26. The Morgan fingerprint density at radius 1 is 1.21 bits per heavy atom. The van der Waals surface area contributed by atoms with Crippen molar-refractivity contribution in [2.75, 3.05) is 26.9 Å². The van der Waals surface area contributed by atoms with Crippen molar-refractivity contribution in [3.05, 3.63) is 35.9 Å². The number of aliphatic hydroxyl groups is 1. The molecule has 1 aromatic carbocycles. The van der Waals surface area contributed by atoms with Crippen molar-refractivity contribution < 1.29 is 14.6 Å². The average molecular weight is 196 g/mol. The van der Waals surface area contributed by atoms with E-state index >= 15 is 0 Å². The topological polar surface area (TPSA) is 38.7 Å². The predicted octanol–water partition coefficient (Wildman–Crippen LogP) is 1.38. The van der Waals surface area contributed by atoms with Crippen LogP contribution >= 0.6 is 0 Å². The molecule has 0 aliphatic heterocycles. The molecule has 1 atom stereocenters. The van der Waals surface area contributed by atoms with Crippen molar-refractivity contribution in [1.29, 1.82) is 0 Å². The van der Waals surface area contributed by atoms with Crippen molar-refractivity contribution in [2.45, 2.75) is 6.10 Å². The molecule has 0 spiro atoms. The van der Waals surface area contributed by atoms with Gasteiger partial charge in [-0.2, -0.15) is 0 Å². The van der Waals surface area contributed by atoms with Crippen LogP contribution in [0, 0.1) is 0 Å². The zero-order valence-electron chi connectivity index (χ0n) is 8.35. The summed E-state index contributed by atoms with van der Waals surface area (Å²) in [5.41, 5.74) is 0.992. The van der Waals surface area contributed by atoms with E-state index in [1.165, 1.54) is 0 Å². The second-order valence-corrected chi connectivity index (χ2v) is 2.95. The smallest absolute Gasteiger partial charge is 0.106 e. The Morgan fingerprint density at radius 3 is 2.50 bits per heavy atom. The molecule has 0 saturated heterocycles. The summed E-state index contributed by atoms with van der Waals surface area (Å²) < 4.78 is 10.3. The third-order valence-corrected chi connectivity index (χ3v) is 1.94. The molecule has 1 unspecified atom stereocenters. The first-order valence-corrected chi connectivity index (χ1v) is 4.65. The van der Waals surface area contributed by atoms with E-state index in [-0.39, 0.29) is 12.7 Å². The minimum atomic E-state index is -0.244. The highest BCUT2D eigenvalue weighted by Crippen LogP contribution is 2.15. The third-order valence-electron chi connectivity index (χ3n) is 1.94. The second-order valence-electron chi connectivity index (χ2n) is 2.95. The Hall–Kier alpha value is -0.900. The van der Waals surface area contributed by atoms with Gasteiger partial charge in [0.15, 0.2) is 0 Å². The lowest BCUT2D eigenvalue weighted by molar-refractivity contribution is -0.0122. The van der Waals surface area contributed by atoms with E-state index in [9.17, 15) is 0 Å². The first-order chi connectivity index (χ1) is 6.88. The van der Waals surface area contributed by atoms with Gasteiger partial charge in [0.2, 0.25) is 0 Å². The Bertz CT molecular complexity index is 236. The van der Waals surface area contributed by atoms with Gasteiger partial charge >= 0.3 is 0 Å². The van der Waals surface area contributed by atoms with Crippen molar-refractivity contribution in [3.63, 3.8) is 0 Å². The van der Waals surface area contributed by atoms with Crippen LogP contribution in [0.2, 0.25) is 0 Å². The van der Waals surface area contributed by atoms with Gasteiger partial charge < -0.3 is 14.6 Å². The van der Waals surface area contributed by atoms with Gasteiger partial charge in [-0.3, -0.25) is 0 Å². The fourth-order valence-electron chi connectivity index (χ4n) is 1.20. The van der Waals surface area contributed by atoms with Crippen LogP contribution < -0.4 is 0 Å². The number of benzene rings is 1. The molecule has 1 aromatic rings. The maximum absolute atomic E-state index is 9.11. The molecule has 0 saturated carbocycles. The normalized spacial score (nSPS) is 12.7. The molecule has 14 heavy (non-hydrogen) atoms. The number of methoxy groups -OCH3 is 1. The maximum atomic E-state index is 9.11. The molecule has 0 aliphatic rings. The summed E-state index contributed by atoms with van der Waals surface area (Å²) in [6.07, 6.45) is -0.244. The maximum Gasteiger partial charge on any atom is 0.106 e. The Labute approximate surface area is 84.3 Å². The van der Waals surface area contributed by atoms with Gasteiger partial charge in [-0.15, -0.1) is 0 Å². The first-order valence-electron chi connectivity index (χ1n) is 4.65. The third kappa shape index (κ3) is 3.46. The predicted molar refractivity (Wildman–Crippen MR) is 54.1 cm³/mol. The number of hydrogen-bond donors (Lipinski definition) is 1. The molecule has 0 heterocycles. The van der Waals surface area contributed by atoms with E-state index in [1.54, 1.807) is 7.11 Å². The molecule has 3 heteroatoms. The molecule has 1 rings (SSSR count). The number of rotatable bonds is 6. The summed E-state index contributed by atoms with van der Waals surface area (Å²) in [6.45, 7) is 1.04. The first kappa shape index (κ1) is 11.2. The van der Waals surface area contributed by atoms with Crippen molar-refractivity contribution >= 4 is 0 Å². The highest BCUT2D eigenvalue weighted by atomic mass is 16.5. The summed E-state index contributed by atoms with van der Waals surface area (Å²) in [5.74, 6) is 0. The SMILES string of the molecule is COCCOC(CO)c1ccccc1. The Kier molecular flexibility index (Phi) is 5.22. The van der Waals surface area contributed by atoms with E-state index in [2.05, 4.69) is 0 Å². The summed E-state index contributed by atoms with van der Waals surface area (Å²) in [4.78, 5) is 0. The molecule has 0 aliphatic carbocycles. The summed E-state index contributed by atoms with van der Waals surface area (Å²) in [5, 5.41) is 9.11. The fraction of sp³-hybridized carbons (Fsp3) is 0.455. The Balaban J connectivity index is 2.46. The monoisotopic (exact) mass is 196 g/mol. The largest absolute Gasteiger partial charge is 0.393 e. The Morgan fingerprint density at radius 2 is 1.93 bits per heavy atom. The van der Waals surface area contributed by atoms with E-state index < -0.39 is 0 Å². The highest BCUT2D eigenvalue weighted by molar-refractivity contribution is 5.17. The van der Waals surface area contributed by atoms with Crippen LogP contribution in [0.3, 0.4) is 0 Å². The fourth-order valence-corrected chi connectivity index (χ4v) is 1.20. The van der Waals surface area contributed by atoms with Gasteiger partial charge in [0.25, 0.3) is 0 Å². The molecular weight excluding hydrogens is 180 g/mol. The van der Waals surface area contributed by atoms with Gasteiger partial charge in [0, 0.05) is 7.11 Å². The minimum Gasteiger partial charge on any atom is -0.393 e. The van der Waals surface area contributed by atoms with Crippen LogP contribution in [-0.2, 0) is 9.47 Å². The van der Waals surface area contributed by atoms with Gasteiger partial charge in [-0.05, 0) is 5.56 Å². The van der Waals surface area contributed by atoms with E-state index in [0.717, 1.165) is 5.56 Å². The summed E-state index contributed by atoms with van der Waals surface area (Å²) in [6, 6.07) is 9.67. The molecule has 0 radical (unpaired) electrons. The van der Waals surface area contributed by atoms with Crippen LogP contribution in [-0.4, -0.2) is 32.0 Å². The van der Waals surface area contributed by atoms with Crippen LogP contribution in [0.25, 0.3) is 0 Å². The van der Waals surface area contributed by atoms with Crippen LogP contribution in [0.15, 0.2) is 30.3 Å². The summed E-state index contributed by atoms with van der Waals surface area (Å²) in [7, 11) is 1.62. The zero-order valence-corrected chi connectivity index (χ0v) is 8.35. The van der Waals surface area contributed by atoms with Crippen molar-refractivity contribution in [1.82, 2.24) is 0 Å². The standard InChI is InChI=1S/C11H16O3/c1-13-7-8-14-11(9-12)10-5-3-2-4-6-10/h2-6,11-12H,7-9H2,1H3. The number of ether oxygens (including phenoxy) is 2. The van der Waals surface area contributed by atoms with Crippen LogP contribution in [0.5, 0.6) is 0 Å². The summed E-state index contributed by atoms with van der Waals surface area (Å²) >= 11 is 0. The zero-order chi connectivity index (χ0) is 10.2. The number of aliphatic hydroxyl groups excluding tert-OH is 1. The second kappa shape index (κ2) is 6.54. The van der Waals surface area contributed by atoms with Gasteiger partial charge in [0.05, 0.1) is 19.8 Å². The quantitative estimate of drug-likeness (QED) is 0.699. The van der Waals surface area contributed by atoms with Gasteiger partial charge in [-0.25, -0.2) is 0 Å². The van der Waals surface area contributed by atoms with Crippen molar-refractivity contribution in [2.24, 2.45) is 0 Å². The molecule has 3 nitrogen and oxygen atoms in total. The lowest BCUT2D eigenvalue weighted by Crippen LogP contribution is -2.12. The minimum absolute atomic E-state index is 0.00622. The van der Waals surface area contributed by atoms with E-state index in [1.807, 2.05) is 30.3 Å². The van der Waals surface area contributed by atoms with Gasteiger partial charge in [0.1, 0.15) is 6.10 Å². The lowest BCUT2D eigenvalue weighted by Gasteiger charge is -2.15. The molecule has 0 fully saturated rings. The van der Waals surface area contributed by atoms with Crippen molar-refractivity contribution in [3.8, 4) is 0 Å². The highest BCUT2D eigenvalue weighted by Gasteiger charge is 2.09. The van der Waals surface area contributed by atoms with E-state index in [4.69, 9.17) is 14.6 Å². The van der Waals surface area contributed by atoms with E-state index in [0.29, 0.717) is 13.2 Å².